The van der Waals surface area contributed by atoms with Gasteiger partial charge in [-0.3, -0.25) is 4.79 Å². The number of carbonyl (C=O) groups excluding carboxylic acids is 1. The summed E-state index contributed by atoms with van der Waals surface area (Å²) in [7, 11) is 0. The van der Waals surface area contributed by atoms with Crippen LogP contribution in [-0.2, 0) is 4.79 Å². The summed E-state index contributed by atoms with van der Waals surface area (Å²) in [4.78, 5) is 11.8. The van der Waals surface area contributed by atoms with Gasteiger partial charge in [0.25, 0.3) is 0 Å². The van der Waals surface area contributed by atoms with Gasteiger partial charge in [-0.25, -0.2) is 0 Å². The fourth-order valence-electron chi connectivity index (χ4n) is 1.57. The van der Waals surface area contributed by atoms with Gasteiger partial charge in [0, 0.05) is 23.0 Å². The first-order valence-electron chi connectivity index (χ1n) is 6.42. The van der Waals surface area contributed by atoms with Crippen LogP contribution in [0.5, 0.6) is 0 Å². The maximum atomic E-state index is 11.8. The lowest BCUT2D eigenvalue weighted by Crippen LogP contribution is -2.13. The molecule has 5 heteroatoms. The van der Waals surface area contributed by atoms with Gasteiger partial charge in [-0.2, -0.15) is 11.8 Å². The largest absolute Gasteiger partial charge is 0.398 e. The van der Waals surface area contributed by atoms with Gasteiger partial charge in [0.1, 0.15) is 0 Å². The monoisotopic (exact) mass is 282 g/mol. The van der Waals surface area contributed by atoms with E-state index >= 15 is 0 Å². The lowest BCUT2D eigenvalue weighted by molar-refractivity contribution is -0.116. The molecular formula is C14H22N2O2S. The van der Waals surface area contributed by atoms with Crippen molar-refractivity contribution in [1.29, 1.82) is 0 Å². The van der Waals surface area contributed by atoms with E-state index in [0.717, 1.165) is 23.4 Å². The highest BCUT2D eigenvalue weighted by molar-refractivity contribution is 7.99. The minimum Gasteiger partial charge on any atom is -0.398 e. The number of amides is 1. The predicted molar refractivity (Wildman–Crippen MR) is 82.5 cm³/mol. The Morgan fingerprint density at radius 1 is 1.53 bits per heavy atom. The number of thioether (sulfide) groups is 1. The summed E-state index contributed by atoms with van der Waals surface area (Å²) in [6.45, 7) is 4.05. The quantitative estimate of drug-likeness (QED) is 0.530. The molecule has 0 aliphatic heterocycles. The summed E-state index contributed by atoms with van der Waals surface area (Å²) in [6, 6.07) is 5.50. The second kappa shape index (κ2) is 8.07. The fourth-order valence-corrected chi connectivity index (χ4v) is 2.39. The maximum Gasteiger partial charge on any atom is 0.224 e. The van der Waals surface area contributed by atoms with Crippen LogP contribution in [0.15, 0.2) is 18.2 Å². The fraction of sp³-hybridized carbons (Fsp3) is 0.500. The van der Waals surface area contributed by atoms with Crippen LogP contribution < -0.4 is 11.1 Å². The molecule has 0 saturated carbocycles. The van der Waals surface area contributed by atoms with Crippen molar-refractivity contribution < 1.29 is 9.90 Å². The molecule has 1 rings (SSSR count). The number of rotatable bonds is 7. The van der Waals surface area contributed by atoms with Crippen molar-refractivity contribution in [3.05, 3.63) is 23.8 Å². The lowest BCUT2D eigenvalue weighted by atomic mass is 10.1. The number of aliphatic hydroxyl groups excluding tert-OH is 1. The van der Waals surface area contributed by atoms with Crippen molar-refractivity contribution in [2.75, 3.05) is 23.4 Å². The zero-order valence-electron chi connectivity index (χ0n) is 11.5. The number of nitrogens with one attached hydrogen (secondary N) is 1. The first kappa shape index (κ1) is 15.9. The first-order valence-corrected chi connectivity index (χ1v) is 7.47. The molecule has 1 amide bonds. The van der Waals surface area contributed by atoms with Gasteiger partial charge < -0.3 is 16.2 Å². The van der Waals surface area contributed by atoms with Gasteiger partial charge in [-0.1, -0.05) is 13.0 Å². The van der Waals surface area contributed by atoms with Crippen LogP contribution in [0.25, 0.3) is 0 Å². The lowest BCUT2D eigenvalue weighted by Gasteiger charge is -2.10. The van der Waals surface area contributed by atoms with Crippen molar-refractivity contribution >= 4 is 29.0 Å². The van der Waals surface area contributed by atoms with Gasteiger partial charge in [0.2, 0.25) is 5.91 Å². The van der Waals surface area contributed by atoms with Crippen LogP contribution >= 0.6 is 11.8 Å². The average Bonchev–Trinajstić information content (AvgIpc) is 2.39. The van der Waals surface area contributed by atoms with E-state index in [2.05, 4.69) is 5.32 Å². The highest BCUT2D eigenvalue weighted by atomic mass is 32.2. The molecule has 0 saturated heterocycles. The summed E-state index contributed by atoms with van der Waals surface area (Å²) < 4.78 is 0. The van der Waals surface area contributed by atoms with E-state index in [4.69, 9.17) is 10.8 Å². The van der Waals surface area contributed by atoms with Crippen LogP contribution in [-0.4, -0.2) is 28.6 Å². The third kappa shape index (κ3) is 5.53. The van der Waals surface area contributed by atoms with Crippen LogP contribution in [0.1, 0.15) is 25.3 Å². The molecule has 0 aliphatic rings. The van der Waals surface area contributed by atoms with Crippen LogP contribution in [0.3, 0.4) is 0 Å². The molecule has 0 radical (unpaired) electrons. The molecule has 0 fully saturated rings. The Morgan fingerprint density at radius 2 is 2.26 bits per heavy atom. The zero-order chi connectivity index (χ0) is 14.3. The molecule has 0 aromatic heterocycles. The standard InChI is InChI=1S/C14H22N2O2S/c1-10(9-17)19-8-4-7-14(18)16-13-6-3-5-12(15)11(13)2/h3,5-6,10,17H,4,7-9,15H2,1-2H3,(H,16,18). The van der Waals surface area contributed by atoms with Crippen molar-refractivity contribution in [2.45, 2.75) is 31.9 Å². The average molecular weight is 282 g/mol. The van der Waals surface area contributed by atoms with Crippen LogP contribution in [0.4, 0.5) is 11.4 Å². The van der Waals surface area contributed by atoms with Crippen molar-refractivity contribution in [3.8, 4) is 0 Å². The predicted octanol–water partition coefficient (Wildman–Crippen LogP) is 2.41. The molecule has 4 nitrogen and oxygen atoms in total. The molecule has 0 heterocycles. The van der Waals surface area contributed by atoms with Gasteiger partial charge in [0.05, 0.1) is 6.61 Å². The van der Waals surface area contributed by atoms with E-state index in [-0.39, 0.29) is 17.8 Å². The molecular weight excluding hydrogens is 260 g/mol. The molecule has 0 aliphatic carbocycles. The van der Waals surface area contributed by atoms with E-state index in [9.17, 15) is 4.79 Å². The van der Waals surface area contributed by atoms with Crippen molar-refractivity contribution in [2.24, 2.45) is 0 Å². The van der Waals surface area contributed by atoms with Gasteiger partial charge >= 0.3 is 0 Å². The Hall–Kier alpha value is -1.20. The minimum absolute atomic E-state index is 0.00551. The molecule has 106 valence electrons. The molecule has 0 bridgehead atoms. The van der Waals surface area contributed by atoms with E-state index in [1.54, 1.807) is 11.8 Å². The van der Waals surface area contributed by atoms with Gasteiger partial charge in [0.15, 0.2) is 0 Å². The van der Waals surface area contributed by atoms with Crippen molar-refractivity contribution in [3.63, 3.8) is 0 Å². The third-order valence-electron chi connectivity index (χ3n) is 2.86. The van der Waals surface area contributed by atoms with Gasteiger partial charge in [-0.05, 0) is 36.8 Å². The summed E-state index contributed by atoms with van der Waals surface area (Å²) in [5.41, 5.74) is 8.15. The number of aliphatic hydroxyl groups is 1. The second-order valence-corrected chi connectivity index (χ2v) is 6.08. The number of hydrogen-bond donors (Lipinski definition) is 3. The molecule has 4 N–H and O–H groups in total. The number of carbonyl (C=O) groups is 1. The van der Waals surface area contributed by atoms with E-state index in [1.807, 2.05) is 32.0 Å². The van der Waals surface area contributed by atoms with Crippen molar-refractivity contribution in [1.82, 2.24) is 0 Å². The molecule has 1 aromatic rings. The second-order valence-electron chi connectivity index (χ2n) is 4.54. The van der Waals surface area contributed by atoms with E-state index < -0.39 is 0 Å². The molecule has 19 heavy (non-hydrogen) atoms. The molecule has 1 atom stereocenters. The minimum atomic E-state index is 0.00551. The Bertz CT molecular complexity index is 424. The topological polar surface area (TPSA) is 75.3 Å². The summed E-state index contributed by atoms with van der Waals surface area (Å²) in [5.74, 6) is 0.886. The number of nitrogen functional groups attached to an aromatic ring is 1. The molecule has 1 unspecified atom stereocenters. The summed E-state index contributed by atoms with van der Waals surface area (Å²) >= 11 is 1.68. The number of anilines is 2. The normalized spacial score (nSPS) is 12.2. The maximum absolute atomic E-state index is 11.8. The molecule has 1 aromatic carbocycles. The zero-order valence-corrected chi connectivity index (χ0v) is 12.3. The van der Waals surface area contributed by atoms with E-state index in [1.165, 1.54) is 0 Å². The van der Waals surface area contributed by atoms with Crippen LogP contribution in [0.2, 0.25) is 0 Å². The highest BCUT2D eigenvalue weighted by Crippen LogP contribution is 2.20. The Kier molecular flexibility index (Phi) is 6.73. The number of nitrogens with two attached hydrogens (primary N) is 1. The van der Waals surface area contributed by atoms with Crippen LogP contribution in [0, 0.1) is 6.92 Å². The summed E-state index contributed by atoms with van der Waals surface area (Å²) in [5, 5.41) is 12.0. The SMILES string of the molecule is Cc1c(N)cccc1NC(=O)CCCSC(C)CO. The Balaban J connectivity index is 2.33. The molecule has 0 spiro atoms. The number of benzene rings is 1. The van der Waals surface area contributed by atoms with E-state index in [0.29, 0.717) is 12.1 Å². The smallest absolute Gasteiger partial charge is 0.224 e. The Morgan fingerprint density at radius 3 is 2.95 bits per heavy atom. The Labute approximate surface area is 118 Å². The third-order valence-corrected chi connectivity index (χ3v) is 4.10. The number of hydrogen-bond acceptors (Lipinski definition) is 4. The summed E-state index contributed by atoms with van der Waals surface area (Å²) in [6.07, 6.45) is 1.29. The first-order chi connectivity index (χ1) is 9.04. The highest BCUT2D eigenvalue weighted by Gasteiger charge is 2.07. The van der Waals surface area contributed by atoms with Gasteiger partial charge in [-0.15, -0.1) is 0 Å².